The van der Waals surface area contributed by atoms with Crippen LogP contribution in [-0.4, -0.2) is 44.0 Å². The maximum Gasteiger partial charge on any atom is 0.239 e. The summed E-state index contributed by atoms with van der Waals surface area (Å²) >= 11 is 0. The molecule has 2 amide bonds. The van der Waals surface area contributed by atoms with Crippen molar-refractivity contribution in [1.29, 1.82) is 0 Å². The van der Waals surface area contributed by atoms with Crippen LogP contribution in [-0.2, 0) is 21.4 Å². The predicted octanol–water partition coefficient (Wildman–Crippen LogP) is 2.38. The van der Waals surface area contributed by atoms with E-state index in [1.165, 1.54) is 0 Å². The third kappa shape index (κ3) is 2.46. The standard InChI is InChI=1S/C21H22N2O3/c1-22-18-6-4-3-5-17(18)21(20(22)25)11-12-23(14-21)19(24)13-15-7-9-16(26-2)10-8-15/h3-10H,11-14H2,1-2H3. The van der Waals surface area contributed by atoms with Crippen LogP contribution in [0.1, 0.15) is 17.5 Å². The summed E-state index contributed by atoms with van der Waals surface area (Å²) in [6, 6.07) is 15.5. The SMILES string of the molecule is COc1ccc(CC(=O)N2CCC3(C2)C(=O)N(C)c2ccccc23)cc1. The molecule has 1 atom stereocenters. The van der Waals surface area contributed by atoms with Gasteiger partial charge >= 0.3 is 0 Å². The second kappa shape index (κ2) is 6.16. The number of carbonyl (C=O) groups excluding carboxylic acids is 2. The Morgan fingerprint density at radius 3 is 2.62 bits per heavy atom. The molecule has 0 radical (unpaired) electrons. The molecule has 0 saturated carbocycles. The molecule has 4 rings (SSSR count). The Morgan fingerprint density at radius 2 is 1.88 bits per heavy atom. The van der Waals surface area contributed by atoms with Crippen molar-refractivity contribution in [3.63, 3.8) is 0 Å². The molecule has 2 aliphatic rings. The largest absolute Gasteiger partial charge is 0.497 e. The van der Waals surface area contributed by atoms with E-state index in [-0.39, 0.29) is 11.8 Å². The van der Waals surface area contributed by atoms with Crippen LogP contribution in [0.25, 0.3) is 0 Å². The average Bonchev–Trinajstić information content (AvgIpc) is 3.21. The van der Waals surface area contributed by atoms with Crippen molar-refractivity contribution >= 4 is 17.5 Å². The third-order valence-corrected chi connectivity index (χ3v) is 5.63. The van der Waals surface area contributed by atoms with E-state index in [4.69, 9.17) is 4.74 Å². The number of fused-ring (bicyclic) bond motifs is 2. The molecule has 0 N–H and O–H groups in total. The number of likely N-dealkylation sites (N-methyl/N-ethyl adjacent to an activating group) is 1. The summed E-state index contributed by atoms with van der Waals surface area (Å²) in [6.45, 7) is 1.07. The molecule has 2 aromatic rings. The van der Waals surface area contributed by atoms with Crippen molar-refractivity contribution in [3.05, 3.63) is 59.7 Å². The minimum absolute atomic E-state index is 0.0619. The highest BCUT2D eigenvalue weighted by Gasteiger charge is 2.53. The van der Waals surface area contributed by atoms with Gasteiger partial charge < -0.3 is 14.5 Å². The number of amides is 2. The van der Waals surface area contributed by atoms with E-state index in [1.54, 1.807) is 12.0 Å². The van der Waals surface area contributed by atoms with Crippen LogP contribution in [0.5, 0.6) is 5.75 Å². The van der Waals surface area contributed by atoms with Gasteiger partial charge in [-0.25, -0.2) is 0 Å². The summed E-state index contributed by atoms with van der Waals surface area (Å²) in [5, 5.41) is 0. The molecule has 26 heavy (non-hydrogen) atoms. The van der Waals surface area contributed by atoms with Gasteiger partial charge in [0.25, 0.3) is 0 Å². The van der Waals surface area contributed by atoms with Crippen LogP contribution in [0.2, 0.25) is 0 Å². The minimum Gasteiger partial charge on any atom is -0.497 e. The summed E-state index contributed by atoms with van der Waals surface area (Å²) in [6.07, 6.45) is 1.02. The Labute approximate surface area is 153 Å². The summed E-state index contributed by atoms with van der Waals surface area (Å²) in [7, 11) is 3.44. The van der Waals surface area contributed by atoms with Gasteiger partial charge in [-0.1, -0.05) is 30.3 Å². The number of anilines is 1. The lowest BCUT2D eigenvalue weighted by molar-refractivity contribution is -0.130. The van der Waals surface area contributed by atoms with E-state index in [2.05, 4.69) is 0 Å². The molecule has 134 valence electrons. The summed E-state index contributed by atoms with van der Waals surface area (Å²) in [5.74, 6) is 0.933. The van der Waals surface area contributed by atoms with Crippen molar-refractivity contribution in [2.75, 3.05) is 32.1 Å². The second-order valence-corrected chi connectivity index (χ2v) is 7.05. The highest BCUT2D eigenvalue weighted by atomic mass is 16.5. The molecule has 1 unspecified atom stereocenters. The number of benzene rings is 2. The van der Waals surface area contributed by atoms with E-state index >= 15 is 0 Å². The van der Waals surface area contributed by atoms with E-state index in [0.29, 0.717) is 25.9 Å². The van der Waals surface area contributed by atoms with Gasteiger partial charge in [0.05, 0.1) is 18.9 Å². The van der Waals surface area contributed by atoms with E-state index in [1.807, 2.05) is 60.5 Å². The first-order valence-corrected chi connectivity index (χ1v) is 8.83. The fraction of sp³-hybridized carbons (Fsp3) is 0.333. The Balaban J connectivity index is 1.53. The van der Waals surface area contributed by atoms with Gasteiger partial charge in [0.15, 0.2) is 0 Å². The average molecular weight is 350 g/mol. The quantitative estimate of drug-likeness (QED) is 0.854. The number of rotatable bonds is 3. The molecule has 2 heterocycles. The highest BCUT2D eigenvalue weighted by Crippen LogP contribution is 2.46. The number of ether oxygens (including phenoxy) is 1. The number of nitrogens with zero attached hydrogens (tertiary/aromatic N) is 2. The third-order valence-electron chi connectivity index (χ3n) is 5.63. The molecule has 1 saturated heterocycles. The fourth-order valence-corrected chi connectivity index (χ4v) is 4.16. The smallest absolute Gasteiger partial charge is 0.239 e. The minimum atomic E-state index is -0.582. The molecular formula is C21H22N2O3. The molecule has 5 nitrogen and oxygen atoms in total. The Morgan fingerprint density at radius 1 is 1.15 bits per heavy atom. The topological polar surface area (TPSA) is 49.9 Å². The number of likely N-dealkylation sites (tertiary alicyclic amines) is 1. The number of hydrogen-bond acceptors (Lipinski definition) is 3. The lowest BCUT2D eigenvalue weighted by Gasteiger charge is -2.23. The van der Waals surface area contributed by atoms with Gasteiger partial charge in [-0.2, -0.15) is 0 Å². The molecule has 5 heteroatoms. The van der Waals surface area contributed by atoms with Crippen molar-refractivity contribution in [2.24, 2.45) is 0 Å². The van der Waals surface area contributed by atoms with Crippen LogP contribution in [0.4, 0.5) is 5.69 Å². The van der Waals surface area contributed by atoms with Crippen molar-refractivity contribution in [2.45, 2.75) is 18.3 Å². The van der Waals surface area contributed by atoms with Crippen molar-refractivity contribution < 1.29 is 14.3 Å². The monoisotopic (exact) mass is 350 g/mol. The van der Waals surface area contributed by atoms with E-state index < -0.39 is 5.41 Å². The number of methoxy groups -OCH3 is 1. The summed E-state index contributed by atoms with van der Waals surface area (Å²) in [5.41, 5.74) is 2.38. The number of para-hydroxylation sites is 1. The zero-order valence-electron chi connectivity index (χ0n) is 15.1. The van der Waals surface area contributed by atoms with E-state index in [9.17, 15) is 9.59 Å². The predicted molar refractivity (Wildman–Crippen MR) is 99.4 cm³/mol. The Hall–Kier alpha value is -2.82. The molecule has 0 bridgehead atoms. The molecule has 1 fully saturated rings. The maximum absolute atomic E-state index is 13.0. The normalized spacial score (nSPS) is 21.4. The van der Waals surface area contributed by atoms with Crippen LogP contribution >= 0.6 is 0 Å². The van der Waals surface area contributed by atoms with Gasteiger partial charge in [-0.05, 0) is 35.7 Å². The second-order valence-electron chi connectivity index (χ2n) is 7.05. The van der Waals surface area contributed by atoms with Crippen molar-refractivity contribution in [3.8, 4) is 5.75 Å². The van der Waals surface area contributed by atoms with Gasteiger partial charge in [-0.3, -0.25) is 9.59 Å². The first kappa shape index (κ1) is 16.6. The first-order valence-electron chi connectivity index (χ1n) is 8.83. The van der Waals surface area contributed by atoms with Gasteiger partial charge in [0.2, 0.25) is 11.8 Å². The first-order chi connectivity index (χ1) is 12.5. The van der Waals surface area contributed by atoms with Gasteiger partial charge in [0.1, 0.15) is 5.75 Å². The van der Waals surface area contributed by atoms with Crippen LogP contribution < -0.4 is 9.64 Å². The molecule has 0 aromatic heterocycles. The lowest BCUT2D eigenvalue weighted by atomic mass is 9.81. The summed E-state index contributed by atoms with van der Waals surface area (Å²) < 4.78 is 5.15. The maximum atomic E-state index is 13.0. The number of carbonyl (C=O) groups is 2. The molecule has 2 aliphatic heterocycles. The van der Waals surface area contributed by atoms with E-state index in [0.717, 1.165) is 22.6 Å². The Kier molecular flexibility index (Phi) is 3.94. The molecular weight excluding hydrogens is 328 g/mol. The molecule has 2 aromatic carbocycles. The van der Waals surface area contributed by atoms with Crippen LogP contribution in [0.3, 0.4) is 0 Å². The highest BCUT2D eigenvalue weighted by molar-refractivity contribution is 6.08. The Bertz CT molecular complexity index is 862. The number of hydrogen-bond donors (Lipinski definition) is 0. The zero-order valence-corrected chi connectivity index (χ0v) is 15.1. The lowest BCUT2D eigenvalue weighted by Crippen LogP contribution is -2.42. The van der Waals surface area contributed by atoms with Gasteiger partial charge in [-0.15, -0.1) is 0 Å². The summed E-state index contributed by atoms with van der Waals surface area (Å²) in [4.78, 5) is 29.3. The van der Waals surface area contributed by atoms with Crippen molar-refractivity contribution in [1.82, 2.24) is 4.90 Å². The molecule has 0 aliphatic carbocycles. The van der Waals surface area contributed by atoms with Crippen LogP contribution in [0.15, 0.2) is 48.5 Å². The molecule has 1 spiro atoms. The van der Waals surface area contributed by atoms with Gasteiger partial charge in [0, 0.05) is 25.8 Å². The zero-order chi connectivity index (χ0) is 18.3. The van der Waals surface area contributed by atoms with Crippen LogP contribution in [0, 0.1) is 0 Å². The fourth-order valence-electron chi connectivity index (χ4n) is 4.16.